The van der Waals surface area contributed by atoms with Crippen molar-refractivity contribution in [1.82, 2.24) is 5.32 Å². The first-order chi connectivity index (χ1) is 15.4. The molecule has 0 aromatic heterocycles. The van der Waals surface area contributed by atoms with Crippen LogP contribution in [0.2, 0.25) is 0 Å². The molecule has 1 heterocycles. The summed E-state index contributed by atoms with van der Waals surface area (Å²) in [6, 6.07) is 5.87. The van der Waals surface area contributed by atoms with Crippen LogP contribution in [-0.2, 0) is 9.59 Å². The third-order valence-electron chi connectivity index (χ3n) is 6.68. The molecule has 0 spiro atoms. The Bertz CT molecular complexity index is 1010. The summed E-state index contributed by atoms with van der Waals surface area (Å²) in [4.78, 5) is 26.9. The highest BCUT2D eigenvalue weighted by Crippen LogP contribution is 2.51. The van der Waals surface area contributed by atoms with Gasteiger partial charge in [0, 0.05) is 41.3 Å². The van der Waals surface area contributed by atoms with Gasteiger partial charge >= 0.3 is 0 Å². The number of ether oxygens (including phenoxy) is 2. The van der Waals surface area contributed by atoms with Crippen molar-refractivity contribution in [1.29, 1.82) is 0 Å². The van der Waals surface area contributed by atoms with Gasteiger partial charge in [-0.3, -0.25) is 9.59 Å². The number of dihydropyridines is 1. The first-order valence-electron chi connectivity index (χ1n) is 12.1. The quantitative estimate of drug-likeness (QED) is 0.609. The molecule has 5 nitrogen and oxygen atoms in total. The van der Waals surface area contributed by atoms with Crippen LogP contribution >= 0.6 is 0 Å². The van der Waals surface area contributed by atoms with Gasteiger partial charge in [0.25, 0.3) is 0 Å². The molecule has 4 rings (SSSR count). The first-order valence-corrected chi connectivity index (χ1v) is 12.1. The topological polar surface area (TPSA) is 64.6 Å². The lowest BCUT2D eigenvalue weighted by molar-refractivity contribution is -0.119. The summed E-state index contributed by atoms with van der Waals surface area (Å²) in [7, 11) is 0. The molecular formula is C28H37NO4. The predicted molar refractivity (Wildman–Crippen MR) is 129 cm³/mol. The summed E-state index contributed by atoms with van der Waals surface area (Å²) >= 11 is 0. The molecule has 33 heavy (non-hydrogen) atoms. The average molecular weight is 452 g/mol. The van der Waals surface area contributed by atoms with Crippen molar-refractivity contribution in [2.75, 3.05) is 6.61 Å². The number of nitrogens with one attached hydrogen (secondary N) is 1. The summed E-state index contributed by atoms with van der Waals surface area (Å²) < 4.78 is 11.9. The van der Waals surface area contributed by atoms with Crippen molar-refractivity contribution >= 4 is 11.6 Å². The zero-order valence-corrected chi connectivity index (χ0v) is 21.1. The van der Waals surface area contributed by atoms with Gasteiger partial charge in [0.1, 0.15) is 0 Å². The van der Waals surface area contributed by atoms with Crippen LogP contribution in [0.1, 0.15) is 85.6 Å². The Morgan fingerprint density at radius 3 is 1.94 bits per heavy atom. The number of ketones is 2. The minimum absolute atomic E-state index is 0.0156. The molecule has 0 amide bonds. The Hall–Kier alpha value is -2.56. The van der Waals surface area contributed by atoms with Gasteiger partial charge < -0.3 is 14.8 Å². The molecule has 5 heteroatoms. The van der Waals surface area contributed by atoms with Crippen molar-refractivity contribution in [3.8, 4) is 11.5 Å². The number of carbonyl (C=O) groups is 2. The van der Waals surface area contributed by atoms with Crippen LogP contribution in [0.4, 0.5) is 0 Å². The maximum Gasteiger partial charge on any atom is 0.162 e. The monoisotopic (exact) mass is 451 g/mol. The van der Waals surface area contributed by atoms with E-state index in [1.165, 1.54) is 0 Å². The van der Waals surface area contributed by atoms with E-state index >= 15 is 0 Å². The van der Waals surface area contributed by atoms with Gasteiger partial charge in [0.05, 0.1) is 12.7 Å². The first kappa shape index (κ1) is 23.6. The van der Waals surface area contributed by atoms with Gasteiger partial charge in [0.15, 0.2) is 23.1 Å². The average Bonchev–Trinajstić information content (AvgIpc) is 2.65. The Balaban J connectivity index is 1.89. The normalized spacial score (nSPS) is 22.2. The van der Waals surface area contributed by atoms with E-state index < -0.39 is 0 Å². The molecule has 3 aliphatic rings. The van der Waals surface area contributed by atoms with Crippen molar-refractivity contribution in [3.05, 3.63) is 46.3 Å². The molecule has 0 bridgehead atoms. The predicted octanol–water partition coefficient (Wildman–Crippen LogP) is 5.85. The van der Waals surface area contributed by atoms with E-state index in [1.54, 1.807) is 0 Å². The van der Waals surface area contributed by atoms with Gasteiger partial charge in [-0.05, 0) is 62.1 Å². The van der Waals surface area contributed by atoms with Crippen molar-refractivity contribution in [2.24, 2.45) is 10.8 Å². The van der Waals surface area contributed by atoms with Gasteiger partial charge in [-0.15, -0.1) is 0 Å². The third-order valence-corrected chi connectivity index (χ3v) is 6.68. The molecule has 0 fully saturated rings. The fourth-order valence-corrected chi connectivity index (χ4v) is 5.55. The minimum Gasteiger partial charge on any atom is -0.490 e. The maximum absolute atomic E-state index is 13.5. The van der Waals surface area contributed by atoms with E-state index in [-0.39, 0.29) is 34.4 Å². The van der Waals surface area contributed by atoms with Crippen LogP contribution < -0.4 is 14.8 Å². The fraction of sp³-hybridized carbons (Fsp3) is 0.571. The van der Waals surface area contributed by atoms with E-state index in [1.807, 2.05) is 39.0 Å². The fourth-order valence-electron chi connectivity index (χ4n) is 5.55. The second kappa shape index (κ2) is 8.34. The highest BCUT2D eigenvalue weighted by atomic mass is 16.5. The highest BCUT2D eigenvalue weighted by molar-refractivity contribution is 6.06. The van der Waals surface area contributed by atoms with Crippen molar-refractivity contribution in [3.63, 3.8) is 0 Å². The maximum atomic E-state index is 13.5. The Labute approximate surface area is 197 Å². The van der Waals surface area contributed by atoms with Gasteiger partial charge in [0.2, 0.25) is 0 Å². The second-order valence-electron chi connectivity index (χ2n) is 11.5. The molecule has 0 saturated heterocycles. The molecule has 2 aliphatic carbocycles. The van der Waals surface area contributed by atoms with Crippen LogP contribution in [0.15, 0.2) is 40.7 Å². The molecule has 0 saturated carbocycles. The van der Waals surface area contributed by atoms with Crippen LogP contribution in [0.25, 0.3) is 0 Å². The van der Waals surface area contributed by atoms with E-state index in [2.05, 4.69) is 33.0 Å². The number of benzene rings is 1. The largest absolute Gasteiger partial charge is 0.490 e. The van der Waals surface area contributed by atoms with Gasteiger partial charge in [-0.2, -0.15) is 0 Å². The Morgan fingerprint density at radius 1 is 0.909 bits per heavy atom. The molecular weight excluding hydrogens is 414 g/mol. The van der Waals surface area contributed by atoms with Gasteiger partial charge in [-0.25, -0.2) is 0 Å². The van der Waals surface area contributed by atoms with Crippen molar-refractivity contribution < 1.29 is 19.1 Å². The molecule has 0 atom stereocenters. The summed E-state index contributed by atoms with van der Waals surface area (Å²) in [6.45, 7) is 15.0. The lowest BCUT2D eigenvalue weighted by atomic mass is 9.64. The minimum atomic E-state index is -0.365. The van der Waals surface area contributed by atoms with Crippen LogP contribution in [0.3, 0.4) is 0 Å². The smallest absolute Gasteiger partial charge is 0.162 e. The molecule has 1 aromatic carbocycles. The second-order valence-corrected chi connectivity index (χ2v) is 11.5. The summed E-state index contributed by atoms with van der Waals surface area (Å²) in [5, 5.41) is 3.57. The van der Waals surface area contributed by atoms with Gasteiger partial charge in [-0.1, -0.05) is 33.8 Å². The van der Waals surface area contributed by atoms with Crippen LogP contribution in [-0.4, -0.2) is 24.3 Å². The zero-order chi connectivity index (χ0) is 24.1. The van der Waals surface area contributed by atoms with E-state index in [0.717, 1.165) is 40.9 Å². The standard InChI is InChI=1S/C28H37NO4/c1-8-32-23-11-17(9-10-22(23)33-16(2)3)24-25-18(12-27(4,5)14-20(25)30)29-19-13-28(6,7)15-21(31)26(19)24/h9-11,16,24,29H,8,12-15H2,1-7H3. The molecule has 1 aromatic rings. The summed E-state index contributed by atoms with van der Waals surface area (Å²) in [6.07, 6.45) is 2.58. The molecule has 1 aliphatic heterocycles. The molecule has 0 unspecified atom stereocenters. The van der Waals surface area contributed by atoms with Crippen LogP contribution in [0.5, 0.6) is 11.5 Å². The summed E-state index contributed by atoms with van der Waals surface area (Å²) in [5.41, 5.74) is 4.16. The number of carbonyl (C=O) groups excluding carboxylic acids is 2. The molecule has 1 N–H and O–H groups in total. The SMILES string of the molecule is CCOc1cc(C2C3=C(CC(C)(C)CC3=O)NC3=C2C(=O)CC(C)(C)C3)ccc1OC(C)C. The lowest BCUT2D eigenvalue weighted by Crippen LogP contribution is -2.42. The Kier molecular flexibility index (Phi) is 5.96. The number of allylic oxidation sites excluding steroid dienone is 4. The highest BCUT2D eigenvalue weighted by Gasteiger charge is 2.46. The molecule has 0 radical (unpaired) electrons. The van der Waals surface area contributed by atoms with E-state index in [9.17, 15) is 9.59 Å². The van der Waals surface area contributed by atoms with E-state index in [0.29, 0.717) is 30.9 Å². The van der Waals surface area contributed by atoms with E-state index in [4.69, 9.17) is 9.47 Å². The number of rotatable bonds is 5. The zero-order valence-electron chi connectivity index (χ0n) is 21.1. The summed E-state index contributed by atoms with van der Waals surface area (Å²) in [5.74, 6) is 1.22. The number of hydrogen-bond donors (Lipinski definition) is 1. The van der Waals surface area contributed by atoms with Crippen LogP contribution in [0, 0.1) is 10.8 Å². The van der Waals surface area contributed by atoms with Crippen molar-refractivity contribution in [2.45, 2.75) is 86.2 Å². The number of Topliss-reactive ketones (excluding diaryl/α,β-unsaturated/α-hetero) is 2. The Morgan fingerprint density at radius 2 is 1.45 bits per heavy atom. The lowest BCUT2D eigenvalue weighted by Gasteiger charge is -2.44. The molecule has 178 valence electrons. The third kappa shape index (κ3) is 4.60. The number of hydrogen-bond acceptors (Lipinski definition) is 5.